The van der Waals surface area contributed by atoms with Gasteiger partial charge < -0.3 is 10.0 Å². The molecule has 5 heteroatoms. The fourth-order valence-electron chi connectivity index (χ4n) is 1.39. The molecule has 0 saturated heterocycles. The predicted octanol–water partition coefficient (Wildman–Crippen LogP) is 2.10. The van der Waals surface area contributed by atoms with Gasteiger partial charge in [0.1, 0.15) is 0 Å². The van der Waals surface area contributed by atoms with Crippen molar-refractivity contribution in [3.05, 3.63) is 47.3 Å². The summed E-state index contributed by atoms with van der Waals surface area (Å²) in [5.74, 6) is -1.26. The Morgan fingerprint density at radius 3 is 2.88 bits per heavy atom. The largest absolute Gasteiger partial charge is 0.395 e. The number of carbonyl (C=O) groups excluding carboxylic acids is 1. The van der Waals surface area contributed by atoms with Gasteiger partial charge in [-0.1, -0.05) is 23.7 Å². The molecule has 0 aliphatic carbocycles. The van der Waals surface area contributed by atoms with Gasteiger partial charge in [0.2, 0.25) is 0 Å². The summed E-state index contributed by atoms with van der Waals surface area (Å²) in [6, 6.07) is 4.23. The average Bonchev–Trinajstić information content (AvgIpc) is 2.31. The van der Waals surface area contributed by atoms with Crippen LogP contribution in [-0.4, -0.2) is 35.6 Å². The molecule has 0 saturated carbocycles. The third-order valence-corrected chi connectivity index (χ3v) is 2.48. The lowest BCUT2D eigenvalue weighted by Gasteiger charge is -2.20. The molecule has 17 heavy (non-hydrogen) atoms. The van der Waals surface area contributed by atoms with Gasteiger partial charge in [-0.05, 0) is 12.1 Å². The van der Waals surface area contributed by atoms with Crippen molar-refractivity contribution >= 4 is 17.5 Å². The first-order chi connectivity index (χ1) is 8.11. The van der Waals surface area contributed by atoms with E-state index in [0.29, 0.717) is 0 Å². The summed E-state index contributed by atoms with van der Waals surface area (Å²) in [6.07, 6.45) is 1.51. The second-order valence-electron chi connectivity index (χ2n) is 3.36. The number of halogens is 2. The van der Waals surface area contributed by atoms with Crippen LogP contribution in [0.1, 0.15) is 10.4 Å². The van der Waals surface area contributed by atoms with Crippen LogP contribution in [0.2, 0.25) is 5.02 Å². The summed E-state index contributed by atoms with van der Waals surface area (Å²) in [5.41, 5.74) is -0.104. The molecule has 92 valence electrons. The summed E-state index contributed by atoms with van der Waals surface area (Å²) in [7, 11) is 0. The van der Waals surface area contributed by atoms with Gasteiger partial charge in [0, 0.05) is 13.1 Å². The second-order valence-corrected chi connectivity index (χ2v) is 3.77. The zero-order valence-corrected chi connectivity index (χ0v) is 9.95. The lowest BCUT2D eigenvalue weighted by atomic mass is 10.2. The van der Waals surface area contributed by atoms with E-state index < -0.39 is 11.7 Å². The van der Waals surface area contributed by atoms with Crippen molar-refractivity contribution in [1.29, 1.82) is 0 Å². The highest BCUT2D eigenvalue weighted by molar-refractivity contribution is 6.31. The average molecular weight is 258 g/mol. The van der Waals surface area contributed by atoms with Crippen molar-refractivity contribution in [2.75, 3.05) is 19.7 Å². The molecule has 0 radical (unpaired) electrons. The molecule has 0 unspecified atom stereocenters. The van der Waals surface area contributed by atoms with Gasteiger partial charge in [-0.15, -0.1) is 6.58 Å². The minimum absolute atomic E-state index is 0.0987. The molecule has 0 aliphatic heterocycles. The molecular formula is C12H13ClFNO2. The fourth-order valence-corrected chi connectivity index (χ4v) is 1.57. The molecule has 1 amide bonds. The second kappa shape index (κ2) is 6.37. The number of hydrogen-bond acceptors (Lipinski definition) is 2. The number of aliphatic hydroxyl groups excluding tert-OH is 1. The van der Waals surface area contributed by atoms with E-state index in [9.17, 15) is 9.18 Å². The molecule has 3 nitrogen and oxygen atoms in total. The van der Waals surface area contributed by atoms with E-state index in [2.05, 4.69) is 6.58 Å². The zero-order valence-electron chi connectivity index (χ0n) is 9.20. The topological polar surface area (TPSA) is 40.5 Å². The summed E-state index contributed by atoms with van der Waals surface area (Å²) in [6.45, 7) is 3.67. The Kier molecular flexibility index (Phi) is 5.12. The maximum Gasteiger partial charge on any atom is 0.257 e. The summed E-state index contributed by atoms with van der Waals surface area (Å²) >= 11 is 5.60. The van der Waals surface area contributed by atoms with Crippen LogP contribution in [-0.2, 0) is 0 Å². The molecule has 1 rings (SSSR count). The number of benzene rings is 1. The highest BCUT2D eigenvalue weighted by Crippen LogP contribution is 2.19. The molecule has 1 aromatic rings. The third kappa shape index (κ3) is 3.28. The van der Waals surface area contributed by atoms with E-state index in [1.54, 1.807) is 0 Å². The van der Waals surface area contributed by atoms with Crippen molar-refractivity contribution in [3.8, 4) is 0 Å². The standard InChI is InChI=1S/C12H13ClFNO2/c1-2-6-15(7-8-16)12(17)9-4-3-5-10(13)11(9)14/h2-5,16H,1,6-8H2. The fraction of sp³-hybridized carbons (Fsp3) is 0.250. The van der Waals surface area contributed by atoms with Crippen LogP contribution in [0.4, 0.5) is 4.39 Å². The minimum Gasteiger partial charge on any atom is -0.395 e. The number of aliphatic hydroxyl groups is 1. The molecule has 0 bridgehead atoms. The molecule has 0 atom stereocenters. The molecule has 0 fully saturated rings. The smallest absolute Gasteiger partial charge is 0.257 e. The van der Waals surface area contributed by atoms with Crippen LogP contribution in [0, 0.1) is 5.82 Å². The van der Waals surface area contributed by atoms with Gasteiger partial charge in [-0.2, -0.15) is 0 Å². The van der Waals surface area contributed by atoms with E-state index in [4.69, 9.17) is 16.7 Å². The van der Waals surface area contributed by atoms with Crippen LogP contribution in [0.5, 0.6) is 0 Å². The minimum atomic E-state index is -0.744. The van der Waals surface area contributed by atoms with Crippen LogP contribution in [0.15, 0.2) is 30.9 Å². The van der Waals surface area contributed by atoms with Gasteiger partial charge in [-0.25, -0.2) is 4.39 Å². The maximum absolute atomic E-state index is 13.6. The van der Waals surface area contributed by atoms with Gasteiger partial charge in [-0.3, -0.25) is 4.79 Å². The van der Waals surface area contributed by atoms with E-state index in [1.165, 1.54) is 29.2 Å². The molecular weight excluding hydrogens is 245 g/mol. The van der Waals surface area contributed by atoms with Gasteiger partial charge in [0.25, 0.3) is 5.91 Å². The number of amides is 1. The first kappa shape index (κ1) is 13.7. The Morgan fingerprint density at radius 2 is 2.29 bits per heavy atom. The highest BCUT2D eigenvalue weighted by atomic mass is 35.5. The molecule has 0 spiro atoms. The quantitative estimate of drug-likeness (QED) is 0.821. The number of rotatable bonds is 5. The van der Waals surface area contributed by atoms with Crippen LogP contribution >= 0.6 is 11.6 Å². The summed E-state index contributed by atoms with van der Waals surface area (Å²) in [4.78, 5) is 13.3. The molecule has 1 aromatic carbocycles. The summed E-state index contributed by atoms with van der Waals surface area (Å²) in [5, 5.41) is 8.74. The first-order valence-corrected chi connectivity index (χ1v) is 5.44. The monoisotopic (exact) mass is 257 g/mol. The van der Waals surface area contributed by atoms with Crippen molar-refractivity contribution < 1.29 is 14.3 Å². The lowest BCUT2D eigenvalue weighted by molar-refractivity contribution is 0.0738. The Labute approximate surface area is 104 Å². The zero-order chi connectivity index (χ0) is 12.8. The number of hydrogen-bond donors (Lipinski definition) is 1. The molecule has 0 aliphatic rings. The number of nitrogens with zero attached hydrogens (tertiary/aromatic N) is 1. The lowest BCUT2D eigenvalue weighted by Crippen LogP contribution is -2.34. The Morgan fingerprint density at radius 1 is 1.59 bits per heavy atom. The van der Waals surface area contributed by atoms with Gasteiger partial charge in [0.15, 0.2) is 5.82 Å². The van der Waals surface area contributed by atoms with Crippen LogP contribution in [0.25, 0.3) is 0 Å². The first-order valence-electron chi connectivity index (χ1n) is 5.06. The Hall–Kier alpha value is -1.39. The van der Waals surface area contributed by atoms with Crippen LogP contribution in [0.3, 0.4) is 0 Å². The van der Waals surface area contributed by atoms with Gasteiger partial charge in [0.05, 0.1) is 17.2 Å². The summed E-state index contributed by atoms with van der Waals surface area (Å²) < 4.78 is 13.6. The van der Waals surface area contributed by atoms with Crippen molar-refractivity contribution in [1.82, 2.24) is 4.90 Å². The van der Waals surface area contributed by atoms with Crippen LogP contribution < -0.4 is 0 Å². The third-order valence-electron chi connectivity index (χ3n) is 2.19. The Bertz CT molecular complexity index is 423. The van der Waals surface area contributed by atoms with E-state index in [-0.39, 0.29) is 30.3 Å². The van der Waals surface area contributed by atoms with Gasteiger partial charge >= 0.3 is 0 Å². The molecule has 0 heterocycles. The normalized spacial score (nSPS) is 10.1. The SMILES string of the molecule is C=CCN(CCO)C(=O)c1cccc(Cl)c1F. The maximum atomic E-state index is 13.6. The van der Waals surface area contributed by atoms with Crippen molar-refractivity contribution in [3.63, 3.8) is 0 Å². The number of carbonyl (C=O) groups is 1. The predicted molar refractivity (Wildman–Crippen MR) is 64.6 cm³/mol. The molecule has 0 aromatic heterocycles. The van der Waals surface area contributed by atoms with E-state index in [0.717, 1.165) is 0 Å². The van der Waals surface area contributed by atoms with Crippen molar-refractivity contribution in [2.45, 2.75) is 0 Å². The van der Waals surface area contributed by atoms with E-state index in [1.807, 2.05) is 0 Å². The van der Waals surface area contributed by atoms with Crippen molar-refractivity contribution in [2.24, 2.45) is 0 Å². The molecule has 1 N–H and O–H groups in total. The Balaban J connectivity index is 3.00. The van der Waals surface area contributed by atoms with E-state index >= 15 is 0 Å². The highest BCUT2D eigenvalue weighted by Gasteiger charge is 2.19.